The van der Waals surface area contributed by atoms with Crippen LogP contribution in [0.25, 0.3) is 33.3 Å². The Morgan fingerprint density at radius 3 is 2.83 bits per heavy atom. The number of hydrogen-bond donors (Lipinski definition) is 1. The summed E-state index contributed by atoms with van der Waals surface area (Å²) in [5.41, 5.74) is 6.28. The van der Waals surface area contributed by atoms with Crippen molar-refractivity contribution in [1.29, 1.82) is 0 Å². The minimum absolute atomic E-state index is 0.606. The van der Waals surface area contributed by atoms with Crippen molar-refractivity contribution in [2.24, 2.45) is 0 Å². The maximum atomic E-state index is 4.67. The molecule has 0 saturated heterocycles. The highest BCUT2D eigenvalue weighted by molar-refractivity contribution is 5.92. The van der Waals surface area contributed by atoms with Gasteiger partial charge in [0.05, 0.1) is 29.2 Å². The van der Waals surface area contributed by atoms with Crippen LogP contribution in [0.2, 0.25) is 0 Å². The van der Waals surface area contributed by atoms with E-state index in [4.69, 9.17) is 0 Å². The molecule has 0 atom stereocenters. The lowest BCUT2D eigenvalue weighted by Gasteiger charge is -2.23. The number of hydrogen-bond acceptors (Lipinski definition) is 3. The molecule has 5 rings (SSSR count). The Labute approximate surface area is 139 Å². The lowest BCUT2D eigenvalue weighted by atomic mass is 9.95. The molecule has 1 aliphatic rings. The Morgan fingerprint density at radius 1 is 1.00 bits per heavy atom. The van der Waals surface area contributed by atoms with E-state index in [1.165, 1.54) is 37.6 Å². The van der Waals surface area contributed by atoms with E-state index in [1.807, 2.05) is 18.6 Å². The molecule has 1 saturated carbocycles. The summed E-state index contributed by atoms with van der Waals surface area (Å²) in [6.45, 7) is 0. The van der Waals surface area contributed by atoms with Gasteiger partial charge in [0.1, 0.15) is 0 Å². The zero-order valence-electron chi connectivity index (χ0n) is 13.4. The Kier molecular flexibility index (Phi) is 3.11. The predicted molar refractivity (Wildman–Crippen MR) is 94.7 cm³/mol. The second kappa shape index (κ2) is 5.44. The van der Waals surface area contributed by atoms with Crippen LogP contribution in [0, 0.1) is 0 Å². The Hall–Kier alpha value is -2.69. The molecule has 1 aromatic carbocycles. The second-order valence-electron chi connectivity index (χ2n) is 6.61. The van der Waals surface area contributed by atoms with Crippen LogP contribution in [-0.2, 0) is 0 Å². The van der Waals surface area contributed by atoms with Crippen molar-refractivity contribution in [2.45, 2.75) is 38.1 Å². The molecule has 0 spiro atoms. The van der Waals surface area contributed by atoms with Gasteiger partial charge in [-0.05, 0) is 36.6 Å². The second-order valence-corrected chi connectivity index (χ2v) is 6.61. The highest BCUT2D eigenvalue weighted by Crippen LogP contribution is 2.33. The number of aromatic nitrogens is 5. The Morgan fingerprint density at radius 2 is 1.92 bits per heavy atom. The first-order valence-corrected chi connectivity index (χ1v) is 8.65. The molecule has 5 nitrogen and oxygen atoms in total. The third-order valence-electron chi connectivity index (χ3n) is 5.18. The van der Waals surface area contributed by atoms with Crippen molar-refractivity contribution in [1.82, 2.24) is 24.5 Å². The molecular weight excluding hydrogens is 298 g/mol. The van der Waals surface area contributed by atoms with E-state index in [0.717, 1.165) is 27.8 Å². The third kappa shape index (κ3) is 2.12. The van der Waals surface area contributed by atoms with Crippen LogP contribution in [0.4, 0.5) is 0 Å². The van der Waals surface area contributed by atoms with E-state index < -0.39 is 0 Å². The SMILES string of the molecule is c1cc(-c2ccc3c(c2)ncn3C2CCCCC2)c2[nH]cnc2n1. The summed E-state index contributed by atoms with van der Waals surface area (Å²) in [6, 6.07) is 9.19. The van der Waals surface area contributed by atoms with Crippen molar-refractivity contribution in [3.05, 3.63) is 43.1 Å². The first kappa shape index (κ1) is 13.7. The Bertz CT molecular complexity index is 1010. The number of aromatic amines is 1. The maximum absolute atomic E-state index is 4.67. The van der Waals surface area contributed by atoms with Crippen molar-refractivity contribution in [3.63, 3.8) is 0 Å². The van der Waals surface area contributed by atoms with Gasteiger partial charge in [-0.3, -0.25) is 0 Å². The molecule has 0 amide bonds. The van der Waals surface area contributed by atoms with Crippen molar-refractivity contribution >= 4 is 22.2 Å². The van der Waals surface area contributed by atoms with E-state index >= 15 is 0 Å². The fourth-order valence-corrected chi connectivity index (χ4v) is 3.94. The third-order valence-corrected chi connectivity index (χ3v) is 5.18. The van der Waals surface area contributed by atoms with E-state index in [-0.39, 0.29) is 0 Å². The zero-order valence-corrected chi connectivity index (χ0v) is 13.4. The van der Waals surface area contributed by atoms with Crippen LogP contribution in [0.1, 0.15) is 38.1 Å². The predicted octanol–water partition coefficient (Wildman–Crippen LogP) is 4.48. The molecule has 120 valence electrons. The van der Waals surface area contributed by atoms with Crippen LogP contribution in [0.15, 0.2) is 43.1 Å². The van der Waals surface area contributed by atoms with Crippen LogP contribution < -0.4 is 0 Å². The summed E-state index contributed by atoms with van der Waals surface area (Å²) in [5.74, 6) is 0. The molecule has 3 aromatic heterocycles. The first-order chi connectivity index (χ1) is 11.9. The molecule has 0 radical (unpaired) electrons. The summed E-state index contributed by atoms with van der Waals surface area (Å²) in [7, 11) is 0. The molecular formula is C19H19N5. The molecule has 1 N–H and O–H groups in total. The normalized spacial score (nSPS) is 16.2. The number of H-pyrrole nitrogens is 1. The first-order valence-electron chi connectivity index (χ1n) is 8.65. The van der Waals surface area contributed by atoms with Gasteiger partial charge >= 0.3 is 0 Å². The maximum Gasteiger partial charge on any atom is 0.178 e. The number of imidazole rings is 2. The highest BCUT2D eigenvalue weighted by atomic mass is 15.1. The topological polar surface area (TPSA) is 59.4 Å². The number of benzene rings is 1. The van der Waals surface area contributed by atoms with Crippen LogP contribution in [0.5, 0.6) is 0 Å². The number of fused-ring (bicyclic) bond motifs is 2. The molecule has 0 unspecified atom stereocenters. The number of nitrogens with zero attached hydrogens (tertiary/aromatic N) is 4. The molecule has 4 aromatic rings. The van der Waals surface area contributed by atoms with Crippen molar-refractivity contribution in [3.8, 4) is 11.1 Å². The van der Waals surface area contributed by atoms with Gasteiger partial charge in [-0.15, -0.1) is 0 Å². The molecule has 5 heteroatoms. The lowest BCUT2D eigenvalue weighted by Crippen LogP contribution is -2.11. The monoisotopic (exact) mass is 317 g/mol. The minimum atomic E-state index is 0.606. The zero-order chi connectivity index (χ0) is 15.9. The van der Waals surface area contributed by atoms with Gasteiger partial charge in [0.25, 0.3) is 0 Å². The van der Waals surface area contributed by atoms with Crippen molar-refractivity contribution < 1.29 is 0 Å². The van der Waals surface area contributed by atoms with Crippen LogP contribution in [0.3, 0.4) is 0 Å². The van der Waals surface area contributed by atoms with E-state index in [0.29, 0.717) is 6.04 Å². The van der Waals surface area contributed by atoms with Gasteiger partial charge in [-0.1, -0.05) is 25.3 Å². The molecule has 3 heterocycles. The number of rotatable bonds is 2. The summed E-state index contributed by atoms with van der Waals surface area (Å²) in [5, 5.41) is 0. The summed E-state index contributed by atoms with van der Waals surface area (Å²) >= 11 is 0. The standard InChI is InChI=1S/C19H19N5/c1-2-4-14(5-3-1)24-12-23-16-10-13(6-7-17(16)24)15-8-9-20-19-18(15)21-11-22-19/h6-12,14H,1-5H2,(H,20,21,22). The summed E-state index contributed by atoms with van der Waals surface area (Å²) in [6.07, 6.45) is 12.1. The average molecular weight is 317 g/mol. The molecule has 0 bridgehead atoms. The molecule has 24 heavy (non-hydrogen) atoms. The molecule has 1 aliphatic carbocycles. The van der Waals surface area contributed by atoms with Crippen LogP contribution >= 0.6 is 0 Å². The molecule has 1 fully saturated rings. The lowest BCUT2D eigenvalue weighted by molar-refractivity contribution is 0.359. The van der Waals surface area contributed by atoms with Crippen LogP contribution in [-0.4, -0.2) is 24.5 Å². The quantitative estimate of drug-likeness (QED) is 0.593. The number of nitrogens with one attached hydrogen (secondary N) is 1. The smallest absolute Gasteiger partial charge is 0.178 e. The molecule has 0 aliphatic heterocycles. The van der Waals surface area contributed by atoms with Gasteiger partial charge in [-0.2, -0.15) is 0 Å². The van der Waals surface area contributed by atoms with E-state index in [9.17, 15) is 0 Å². The fraction of sp³-hybridized carbons (Fsp3) is 0.316. The van der Waals surface area contributed by atoms with Gasteiger partial charge in [0.15, 0.2) is 5.65 Å². The minimum Gasteiger partial charge on any atom is -0.343 e. The van der Waals surface area contributed by atoms with Gasteiger partial charge < -0.3 is 9.55 Å². The highest BCUT2D eigenvalue weighted by Gasteiger charge is 2.17. The van der Waals surface area contributed by atoms with Gasteiger partial charge in [-0.25, -0.2) is 15.0 Å². The van der Waals surface area contributed by atoms with Gasteiger partial charge in [0.2, 0.25) is 0 Å². The van der Waals surface area contributed by atoms with E-state index in [2.05, 4.69) is 42.7 Å². The Balaban J connectivity index is 1.60. The summed E-state index contributed by atoms with van der Waals surface area (Å²) in [4.78, 5) is 16.4. The number of pyridine rings is 1. The van der Waals surface area contributed by atoms with Gasteiger partial charge in [0, 0.05) is 17.8 Å². The fourth-order valence-electron chi connectivity index (χ4n) is 3.94. The van der Waals surface area contributed by atoms with E-state index in [1.54, 1.807) is 6.33 Å². The van der Waals surface area contributed by atoms with Crippen molar-refractivity contribution in [2.75, 3.05) is 0 Å². The largest absolute Gasteiger partial charge is 0.343 e. The average Bonchev–Trinajstić information content (AvgIpc) is 3.28. The summed E-state index contributed by atoms with van der Waals surface area (Å²) < 4.78 is 2.37.